The molecule has 1 fully saturated rings. The zero-order chi connectivity index (χ0) is 13.0. The average molecular weight is 377 g/mol. The van der Waals surface area contributed by atoms with Gasteiger partial charge < -0.3 is 10.1 Å². The summed E-state index contributed by atoms with van der Waals surface area (Å²) in [6.45, 7) is 1.83. The fourth-order valence-electron chi connectivity index (χ4n) is 2.50. The van der Waals surface area contributed by atoms with Gasteiger partial charge in [0.1, 0.15) is 0 Å². The molecule has 0 aliphatic carbocycles. The first-order valence-corrected chi connectivity index (χ1v) is 7.99. The van der Waals surface area contributed by atoms with E-state index in [2.05, 4.69) is 55.4 Å². The van der Waals surface area contributed by atoms with Crippen LogP contribution in [0.4, 0.5) is 0 Å². The molecule has 0 amide bonds. The summed E-state index contributed by atoms with van der Waals surface area (Å²) in [7, 11) is 2.04. The van der Waals surface area contributed by atoms with Crippen LogP contribution >= 0.6 is 31.9 Å². The Kier molecular flexibility index (Phi) is 5.67. The van der Waals surface area contributed by atoms with E-state index in [1.807, 2.05) is 7.05 Å². The van der Waals surface area contributed by atoms with E-state index in [9.17, 15) is 0 Å². The van der Waals surface area contributed by atoms with E-state index < -0.39 is 0 Å². The molecule has 1 heterocycles. The molecule has 1 aliphatic heterocycles. The molecular weight excluding hydrogens is 358 g/mol. The van der Waals surface area contributed by atoms with Gasteiger partial charge in [-0.2, -0.15) is 0 Å². The van der Waals surface area contributed by atoms with Gasteiger partial charge in [-0.3, -0.25) is 0 Å². The van der Waals surface area contributed by atoms with Crippen LogP contribution in [0.15, 0.2) is 27.1 Å². The Bertz CT molecular complexity index is 391. The summed E-state index contributed by atoms with van der Waals surface area (Å²) in [6.07, 6.45) is 3.54. The van der Waals surface area contributed by atoms with Gasteiger partial charge in [0.2, 0.25) is 0 Å². The smallest absolute Gasteiger partial charge is 0.0468 e. The molecule has 0 radical (unpaired) electrons. The maximum atomic E-state index is 5.43. The van der Waals surface area contributed by atoms with E-state index in [0.717, 1.165) is 23.6 Å². The molecule has 100 valence electrons. The number of rotatable bonds is 4. The number of ether oxygens (including phenoxy) is 1. The zero-order valence-corrected chi connectivity index (χ0v) is 13.8. The van der Waals surface area contributed by atoms with Crippen molar-refractivity contribution in [2.45, 2.75) is 25.3 Å². The van der Waals surface area contributed by atoms with Crippen LogP contribution in [0.1, 0.15) is 30.9 Å². The lowest BCUT2D eigenvalue weighted by Crippen LogP contribution is -2.24. The number of benzene rings is 1. The van der Waals surface area contributed by atoms with Crippen LogP contribution in [0.5, 0.6) is 0 Å². The summed E-state index contributed by atoms with van der Waals surface area (Å²) in [4.78, 5) is 0. The fourth-order valence-corrected chi connectivity index (χ4v) is 3.40. The minimum Gasteiger partial charge on any atom is -0.381 e. The Hall–Kier alpha value is 0.1000. The van der Waals surface area contributed by atoms with E-state index in [4.69, 9.17) is 4.74 Å². The average Bonchev–Trinajstić information content (AvgIpc) is 2.40. The largest absolute Gasteiger partial charge is 0.381 e. The number of hydrogen-bond donors (Lipinski definition) is 1. The van der Waals surface area contributed by atoms with Gasteiger partial charge in [0.05, 0.1) is 0 Å². The summed E-state index contributed by atoms with van der Waals surface area (Å²) in [5.41, 5.74) is 1.33. The lowest BCUT2D eigenvalue weighted by atomic mass is 9.89. The SMILES string of the molecule is CNC(CC1CCOCC1)c1cc(Br)ccc1Br. The Balaban J connectivity index is 2.09. The van der Waals surface area contributed by atoms with Gasteiger partial charge >= 0.3 is 0 Å². The first-order valence-electron chi connectivity index (χ1n) is 6.40. The second kappa shape index (κ2) is 7.04. The minimum absolute atomic E-state index is 0.403. The number of halogens is 2. The highest BCUT2D eigenvalue weighted by atomic mass is 79.9. The highest BCUT2D eigenvalue weighted by molar-refractivity contribution is 9.11. The predicted molar refractivity (Wildman–Crippen MR) is 81.8 cm³/mol. The first-order chi connectivity index (χ1) is 8.70. The van der Waals surface area contributed by atoms with E-state index in [0.29, 0.717) is 6.04 Å². The molecule has 1 aromatic carbocycles. The van der Waals surface area contributed by atoms with Crippen molar-refractivity contribution in [3.63, 3.8) is 0 Å². The summed E-state index contributed by atoms with van der Waals surface area (Å²) in [5, 5.41) is 3.44. The van der Waals surface area contributed by atoms with Crippen LogP contribution < -0.4 is 5.32 Å². The van der Waals surface area contributed by atoms with Crippen molar-refractivity contribution >= 4 is 31.9 Å². The van der Waals surface area contributed by atoms with Crippen LogP contribution in [-0.4, -0.2) is 20.3 Å². The van der Waals surface area contributed by atoms with E-state index in [1.165, 1.54) is 29.3 Å². The summed E-state index contributed by atoms with van der Waals surface area (Å²) in [6, 6.07) is 6.77. The van der Waals surface area contributed by atoms with Gasteiger partial charge in [0, 0.05) is 28.2 Å². The summed E-state index contributed by atoms with van der Waals surface area (Å²) >= 11 is 7.20. The molecule has 4 heteroatoms. The van der Waals surface area contributed by atoms with Crippen LogP contribution in [0, 0.1) is 5.92 Å². The van der Waals surface area contributed by atoms with Crippen molar-refractivity contribution < 1.29 is 4.74 Å². The molecule has 1 atom stereocenters. The van der Waals surface area contributed by atoms with E-state index in [1.54, 1.807) is 0 Å². The van der Waals surface area contributed by atoms with Gasteiger partial charge in [-0.1, -0.05) is 31.9 Å². The van der Waals surface area contributed by atoms with Gasteiger partial charge in [0.25, 0.3) is 0 Å². The van der Waals surface area contributed by atoms with Crippen LogP contribution in [0.25, 0.3) is 0 Å². The lowest BCUT2D eigenvalue weighted by molar-refractivity contribution is 0.0607. The zero-order valence-electron chi connectivity index (χ0n) is 10.6. The third-order valence-electron chi connectivity index (χ3n) is 3.59. The molecule has 2 rings (SSSR count). The molecule has 1 unspecified atom stereocenters. The van der Waals surface area contributed by atoms with Crippen molar-refractivity contribution in [1.82, 2.24) is 5.32 Å². The number of hydrogen-bond acceptors (Lipinski definition) is 2. The Morgan fingerprint density at radius 1 is 1.33 bits per heavy atom. The molecule has 1 aliphatic rings. The highest BCUT2D eigenvalue weighted by Crippen LogP contribution is 2.32. The topological polar surface area (TPSA) is 21.3 Å². The van der Waals surface area contributed by atoms with Crippen LogP contribution in [0.3, 0.4) is 0 Å². The van der Waals surface area contributed by atoms with Crippen molar-refractivity contribution in [2.75, 3.05) is 20.3 Å². The minimum atomic E-state index is 0.403. The molecular formula is C14H19Br2NO. The first kappa shape index (κ1) is 14.5. The van der Waals surface area contributed by atoms with Gasteiger partial charge in [-0.05, 0) is 56.0 Å². The molecule has 0 aromatic heterocycles. The maximum Gasteiger partial charge on any atom is 0.0468 e. The van der Waals surface area contributed by atoms with Crippen LogP contribution in [-0.2, 0) is 4.74 Å². The Morgan fingerprint density at radius 3 is 2.72 bits per heavy atom. The summed E-state index contributed by atoms with van der Waals surface area (Å²) in [5.74, 6) is 0.766. The molecule has 1 saturated heterocycles. The van der Waals surface area contributed by atoms with E-state index >= 15 is 0 Å². The maximum absolute atomic E-state index is 5.43. The quantitative estimate of drug-likeness (QED) is 0.846. The monoisotopic (exact) mass is 375 g/mol. The second-order valence-electron chi connectivity index (χ2n) is 4.80. The van der Waals surface area contributed by atoms with Crippen molar-refractivity contribution in [3.8, 4) is 0 Å². The molecule has 0 bridgehead atoms. The van der Waals surface area contributed by atoms with Crippen LogP contribution in [0.2, 0.25) is 0 Å². The molecule has 18 heavy (non-hydrogen) atoms. The van der Waals surface area contributed by atoms with Gasteiger partial charge in [-0.25, -0.2) is 0 Å². The second-order valence-corrected chi connectivity index (χ2v) is 6.57. The third-order valence-corrected chi connectivity index (χ3v) is 4.81. The highest BCUT2D eigenvalue weighted by Gasteiger charge is 2.21. The Morgan fingerprint density at radius 2 is 2.06 bits per heavy atom. The summed E-state index contributed by atoms with van der Waals surface area (Å²) < 4.78 is 7.74. The Labute approximate surface area is 126 Å². The molecule has 1 aromatic rings. The molecule has 0 spiro atoms. The van der Waals surface area contributed by atoms with Crippen molar-refractivity contribution in [3.05, 3.63) is 32.7 Å². The number of nitrogens with one attached hydrogen (secondary N) is 1. The van der Waals surface area contributed by atoms with E-state index in [-0.39, 0.29) is 0 Å². The standard InChI is InChI=1S/C14H19Br2NO/c1-17-14(8-10-4-6-18-7-5-10)12-9-11(15)2-3-13(12)16/h2-3,9-10,14,17H,4-8H2,1H3. The van der Waals surface area contributed by atoms with Crippen molar-refractivity contribution in [2.24, 2.45) is 5.92 Å². The van der Waals surface area contributed by atoms with Crippen molar-refractivity contribution in [1.29, 1.82) is 0 Å². The fraction of sp³-hybridized carbons (Fsp3) is 0.571. The normalized spacial score (nSPS) is 18.8. The molecule has 1 N–H and O–H groups in total. The van der Waals surface area contributed by atoms with Gasteiger partial charge in [-0.15, -0.1) is 0 Å². The third kappa shape index (κ3) is 3.80. The molecule has 0 saturated carbocycles. The lowest BCUT2D eigenvalue weighted by Gasteiger charge is -2.27. The van der Waals surface area contributed by atoms with Gasteiger partial charge in [0.15, 0.2) is 0 Å². The predicted octanol–water partition coefficient (Wildman–Crippen LogP) is 4.29. The molecule has 2 nitrogen and oxygen atoms in total.